The number of rotatable bonds is 12. The van der Waals surface area contributed by atoms with Crippen molar-refractivity contribution in [3.8, 4) is 23.0 Å². The van der Waals surface area contributed by atoms with Gasteiger partial charge in [-0.05, 0) is 61.7 Å². The van der Waals surface area contributed by atoms with Crippen molar-refractivity contribution in [2.75, 3.05) is 70.3 Å². The van der Waals surface area contributed by atoms with Gasteiger partial charge in [0, 0.05) is 66.7 Å². The molecule has 3 N–H and O–H groups in total. The minimum atomic E-state index is -1.37. The van der Waals surface area contributed by atoms with Crippen LogP contribution in [0.1, 0.15) is 52.9 Å². The lowest BCUT2D eigenvalue weighted by molar-refractivity contribution is -0.112. The zero-order chi connectivity index (χ0) is 42.6. The van der Waals surface area contributed by atoms with Crippen molar-refractivity contribution in [3.63, 3.8) is 0 Å². The Balaban J connectivity index is 1.04. The third kappa shape index (κ3) is 7.17. The summed E-state index contributed by atoms with van der Waals surface area (Å²) < 4.78 is 40.1. The summed E-state index contributed by atoms with van der Waals surface area (Å²) >= 11 is 6.43. The number of carbonyl (C=O) groups is 2. The van der Waals surface area contributed by atoms with E-state index in [1.807, 2.05) is 24.0 Å². The number of carbonyl (C=O) groups excluding carboxylic acids is 1. The zero-order valence-electron chi connectivity index (χ0n) is 33.5. The van der Waals surface area contributed by atoms with E-state index in [2.05, 4.69) is 19.9 Å². The largest absolute Gasteiger partial charge is 0.493 e. The number of methoxy groups -OCH3 is 4. The molecule has 16 nitrogen and oxygen atoms in total. The molecule has 8 rings (SSSR count). The summed E-state index contributed by atoms with van der Waals surface area (Å²) in [6, 6.07) is 9.66. The molecule has 3 aliphatic rings. The number of amides is 1. The first-order valence-corrected chi connectivity index (χ1v) is 19.5. The number of carboxylic acid groups (broad SMARTS) is 1. The van der Waals surface area contributed by atoms with Crippen LogP contribution in [0.2, 0.25) is 5.02 Å². The maximum Gasteiger partial charge on any atom is 0.341 e. The Hall–Kier alpha value is -6.46. The number of aliphatic imine (C=N–C) groups is 1. The van der Waals surface area contributed by atoms with Crippen LogP contribution in [0, 0.1) is 5.82 Å². The molecule has 2 aromatic heterocycles. The molecule has 3 aromatic carbocycles. The van der Waals surface area contributed by atoms with Gasteiger partial charge in [0.25, 0.3) is 11.9 Å². The number of aromatic nitrogens is 3. The highest BCUT2D eigenvalue weighted by Gasteiger charge is 2.38. The number of nitrogens with two attached hydrogens (primary N) is 1. The summed E-state index contributed by atoms with van der Waals surface area (Å²) in [5, 5.41) is 10.1. The van der Waals surface area contributed by atoms with Gasteiger partial charge in [0.2, 0.25) is 11.2 Å². The van der Waals surface area contributed by atoms with Crippen molar-refractivity contribution in [2.24, 2.45) is 4.99 Å². The van der Waals surface area contributed by atoms with Gasteiger partial charge < -0.3 is 39.3 Å². The summed E-state index contributed by atoms with van der Waals surface area (Å²) in [5.41, 5.74) is 8.43. The Labute approximate surface area is 348 Å². The summed E-state index contributed by atoms with van der Waals surface area (Å²) in [6.07, 6.45) is 4.84. The van der Waals surface area contributed by atoms with E-state index in [-0.39, 0.29) is 59.0 Å². The number of piperazine rings is 1. The summed E-state index contributed by atoms with van der Waals surface area (Å²) in [7, 11) is 6.02. The van der Waals surface area contributed by atoms with Crippen molar-refractivity contribution < 1.29 is 38.0 Å². The van der Waals surface area contributed by atoms with E-state index in [4.69, 9.17) is 36.3 Å². The van der Waals surface area contributed by atoms with Crippen LogP contribution < -0.4 is 39.9 Å². The first-order chi connectivity index (χ1) is 28.8. The molecule has 0 spiro atoms. The van der Waals surface area contributed by atoms with Crippen LogP contribution in [-0.2, 0) is 11.2 Å². The highest BCUT2D eigenvalue weighted by molar-refractivity contribution is 6.55. The molecule has 18 heteroatoms. The second-order valence-corrected chi connectivity index (χ2v) is 15.3. The lowest BCUT2D eigenvalue weighted by Crippen LogP contribution is -2.55. The molecule has 60 heavy (non-hydrogen) atoms. The first kappa shape index (κ1) is 40.3. The van der Waals surface area contributed by atoms with Crippen LogP contribution in [0.4, 0.5) is 27.5 Å². The minimum Gasteiger partial charge on any atom is -0.493 e. The molecule has 2 fully saturated rings. The van der Waals surface area contributed by atoms with Crippen molar-refractivity contribution >= 4 is 63.2 Å². The van der Waals surface area contributed by atoms with Gasteiger partial charge >= 0.3 is 5.97 Å². The average molecular weight is 841 g/mol. The first-order valence-electron chi connectivity index (χ1n) is 19.1. The van der Waals surface area contributed by atoms with Crippen LogP contribution in [-0.4, -0.2) is 103 Å². The molecule has 1 unspecified atom stereocenters. The maximum atomic E-state index is 16.1. The average Bonchev–Trinajstić information content (AvgIpc) is 4.05. The van der Waals surface area contributed by atoms with Crippen LogP contribution >= 0.6 is 11.6 Å². The van der Waals surface area contributed by atoms with E-state index in [9.17, 15) is 19.5 Å². The second kappa shape index (κ2) is 16.0. The lowest BCUT2D eigenvalue weighted by atomic mass is 10.1. The van der Waals surface area contributed by atoms with Gasteiger partial charge in [0.1, 0.15) is 22.8 Å². The number of fused-ring (bicyclic) bond motifs is 2. The zero-order valence-corrected chi connectivity index (χ0v) is 34.2. The van der Waals surface area contributed by atoms with Crippen LogP contribution in [0.3, 0.4) is 0 Å². The molecule has 1 amide bonds. The molecule has 0 radical (unpaired) electrons. The third-order valence-corrected chi connectivity index (χ3v) is 11.4. The smallest absolute Gasteiger partial charge is 0.341 e. The Morgan fingerprint density at radius 2 is 1.73 bits per heavy atom. The van der Waals surface area contributed by atoms with E-state index in [0.29, 0.717) is 70.7 Å². The lowest BCUT2D eigenvalue weighted by Gasteiger charge is -2.42. The molecule has 1 saturated heterocycles. The molecular weight excluding hydrogens is 799 g/mol. The fourth-order valence-electron chi connectivity index (χ4n) is 8.01. The van der Waals surface area contributed by atoms with Crippen molar-refractivity contribution in [1.82, 2.24) is 19.4 Å². The SMILES string of the molecule is COc1cc(Cc2cnc(/N=C3\C(=O)N(CN4CCN(c5c(F)cc6c(=O)c(C(=O)O)cn(C7CC7)c6c5OC)CC4C)c4ccc(Cl)cc43)nc2N)cc(OC)c1OC. The molecule has 5 aromatic rings. The van der Waals surface area contributed by atoms with Gasteiger partial charge in [-0.25, -0.2) is 19.2 Å². The van der Waals surface area contributed by atoms with E-state index < -0.39 is 22.8 Å². The summed E-state index contributed by atoms with van der Waals surface area (Å²) in [6.45, 7) is 3.31. The molecule has 2 aliphatic heterocycles. The quantitative estimate of drug-likeness (QED) is 0.161. The molecule has 1 saturated carbocycles. The van der Waals surface area contributed by atoms with E-state index in [0.717, 1.165) is 24.5 Å². The van der Waals surface area contributed by atoms with Gasteiger partial charge in [-0.3, -0.25) is 19.4 Å². The molecule has 1 atom stereocenters. The highest BCUT2D eigenvalue weighted by atomic mass is 35.5. The van der Waals surface area contributed by atoms with Crippen LogP contribution in [0.15, 0.2) is 58.6 Å². The number of carboxylic acids is 1. The van der Waals surface area contributed by atoms with Crippen molar-refractivity contribution in [1.29, 1.82) is 0 Å². The van der Waals surface area contributed by atoms with Gasteiger partial charge in [0.05, 0.1) is 51.7 Å². The van der Waals surface area contributed by atoms with E-state index in [1.165, 1.54) is 34.6 Å². The number of ether oxygens (including phenoxy) is 4. The predicted octanol–water partition coefficient (Wildman–Crippen LogP) is 5.46. The fraction of sp³-hybridized carbons (Fsp3) is 0.333. The van der Waals surface area contributed by atoms with Gasteiger partial charge in [-0.2, -0.15) is 4.98 Å². The molecule has 1 aliphatic carbocycles. The van der Waals surface area contributed by atoms with Gasteiger partial charge in [-0.15, -0.1) is 0 Å². The molecule has 4 heterocycles. The fourth-order valence-corrected chi connectivity index (χ4v) is 8.18. The number of benzene rings is 3. The number of anilines is 3. The molecular formula is C42H42ClFN8O8. The minimum absolute atomic E-state index is 0.00287. The van der Waals surface area contributed by atoms with Gasteiger partial charge in [-0.1, -0.05) is 11.6 Å². The Kier molecular flexibility index (Phi) is 10.7. The third-order valence-electron chi connectivity index (χ3n) is 11.1. The highest BCUT2D eigenvalue weighted by Crippen LogP contribution is 2.44. The Bertz CT molecular complexity index is 2640. The summed E-state index contributed by atoms with van der Waals surface area (Å²) in [4.78, 5) is 58.4. The maximum absolute atomic E-state index is 16.1. The van der Waals surface area contributed by atoms with Crippen molar-refractivity contribution in [3.05, 3.63) is 92.1 Å². The Morgan fingerprint density at radius 3 is 2.35 bits per heavy atom. The predicted molar refractivity (Wildman–Crippen MR) is 224 cm³/mol. The normalized spacial score (nSPS) is 17.4. The Morgan fingerprint density at radius 1 is 1.02 bits per heavy atom. The number of hydrogen-bond acceptors (Lipinski definition) is 13. The standard InChI is InChI=1S/C42H42ClFN8O8/c1-21-18-49(35-29(44)16-27-34(38(35)60-5)51(25-7-8-25)19-28(36(27)53)41(55)56)10-11-50(21)20-52-30-9-6-24(43)15-26(30)33(40(52)54)47-42-46-17-23(39(45)48-42)12-22-13-31(57-2)37(59-4)32(14-22)58-3/h6,9,13-17,19,21,25H,7-8,10-12,18,20H2,1-5H3,(H,55,56)(H2,45,46,48)/b47-33-. The van der Waals surface area contributed by atoms with Crippen molar-refractivity contribution in [2.45, 2.75) is 38.3 Å². The molecule has 0 bridgehead atoms. The number of nitrogen functional groups attached to an aromatic ring is 1. The number of nitrogens with zero attached hydrogens (tertiary/aromatic N) is 7. The number of hydrogen-bond donors (Lipinski definition) is 2. The van der Waals surface area contributed by atoms with E-state index in [1.54, 1.807) is 33.9 Å². The number of pyridine rings is 1. The number of halogens is 2. The van der Waals surface area contributed by atoms with Crippen LogP contribution in [0.5, 0.6) is 23.0 Å². The second-order valence-electron chi connectivity index (χ2n) is 14.8. The van der Waals surface area contributed by atoms with Gasteiger partial charge in [0.15, 0.2) is 23.1 Å². The molecule has 312 valence electrons. The van der Waals surface area contributed by atoms with Crippen LogP contribution in [0.25, 0.3) is 10.9 Å². The summed E-state index contributed by atoms with van der Waals surface area (Å²) in [5.74, 6) is -0.654. The topological polar surface area (TPSA) is 187 Å². The van der Waals surface area contributed by atoms with E-state index >= 15 is 4.39 Å². The number of aromatic carboxylic acids is 1. The monoisotopic (exact) mass is 840 g/mol.